The van der Waals surface area contributed by atoms with Crippen LogP contribution < -0.4 is 10.2 Å². The number of nitrogens with zero attached hydrogens (tertiary/aromatic N) is 2. The number of carbonyl (C=O) groups excluding carboxylic acids is 1. The van der Waals surface area contributed by atoms with Gasteiger partial charge < -0.3 is 15.3 Å². The molecule has 0 spiro atoms. The lowest BCUT2D eigenvalue weighted by Crippen LogP contribution is -2.54. The Morgan fingerprint density at radius 3 is 2.33 bits per heavy atom. The number of phenolic OH excluding ortho intramolecular Hbond substituents is 1. The molecule has 0 aromatic heterocycles. The molecule has 0 aliphatic carbocycles. The minimum absolute atomic E-state index is 0.0843. The van der Waals surface area contributed by atoms with Crippen LogP contribution in [-0.4, -0.2) is 54.2 Å². The van der Waals surface area contributed by atoms with Gasteiger partial charge in [0.05, 0.1) is 11.7 Å². The summed E-state index contributed by atoms with van der Waals surface area (Å²) in [5.74, 6) is 0.401. The van der Waals surface area contributed by atoms with E-state index in [9.17, 15) is 9.90 Å². The first-order valence-corrected chi connectivity index (χ1v) is 7.56. The van der Waals surface area contributed by atoms with Crippen molar-refractivity contribution in [2.45, 2.75) is 32.9 Å². The second kappa shape index (κ2) is 6.80. The maximum absolute atomic E-state index is 12.1. The molecule has 1 unspecified atom stereocenters. The van der Waals surface area contributed by atoms with Gasteiger partial charge in [-0.15, -0.1) is 0 Å². The lowest BCUT2D eigenvalue weighted by molar-refractivity contribution is -0.126. The van der Waals surface area contributed by atoms with E-state index in [0.29, 0.717) is 5.75 Å². The number of anilines is 1. The molecule has 1 saturated heterocycles. The minimum atomic E-state index is -0.112. The second-order valence-corrected chi connectivity index (χ2v) is 5.85. The molecule has 0 bridgehead atoms. The first kappa shape index (κ1) is 15.6. The fourth-order valence-electron chi connectivity index (χ4n) is 2.65. The van der Waals surface area contributed by atoms with E-state index in [4.69, 9.17) is 0 Å². The van der Waals surface area contributed by atoms with Crippen molar-refractivity contribution >= 4 is 11.6 Å². The van der Waals surface area contributed by atoms with Crippen LogP contribution in [0.2, 0.25) is 0 Å². The Balaban J connectivity index is 1.91. The largest absolute Gasteiger partial charge is 0.506 e. The number of carbonyl (C=O) groups is 1. The SMILES string of the molecule is CC(C)NC(=O)C(C)N1CCN(c2ccccc2O)CC1. The highest BCUT2D eigenvalue weighted by molar-refractivity contribution is 5.81. The molecule has 2 N–H and O–H groups in total. The van der Waals surface area contributed by atoms with Crippen molar-refractivity contribution in [1.29, 1.82) is 0 Å². The van der Waals surface area contributed by atoms with E-state index in [0.717, 1.165) is 31.9 Å². The van der Waals surface area contributed by atoms with Crippen molar-refractivity contribution in [3.05, 3.63) is 24.3 Å². The van der Waals surface area contributed by atoms with Gasteiger partial charge in [-0.25, -0.2) is 0 Å². The number of benzene rings is 1. The number of aromatic hydroxyl groups is 1. The van der Waals surface area contributed by atoms with Gasteiger partial charge in [0.25, 0.3) is 0 Å². The molecule has 0 radical (unpaired) electrons. The Morgan fingerprint density at radius 1 is 1.14 bits per heavy atom. The van der Waals surface area contributed by atoms with Crippen molar-refractivity contribution in [2.24, 2.45) is 0 Å². The molecule has 5 heteroatoms. The number of phenols is 1. The Bertz CT molecular complexity index is 482. The van der Waals surface area contributed by atoms with Crippen LogP contribution in [0, 0.1) is 0 Å². The molecule has 1 aromatic carbocycles. The predicted octanol–water partition coefficient (Wildman–Crippen LogP) is 1.43. The zero-order chi connectivity index (χ0) is 15.4. The molecule has 5 nitrogen and oxygen atoms in total. The van der Waals surface area contributed by atoms with E-state index in [-0.39, 0.29) is 18.0 Å². The van der Waals surface area contributed by atoms with Crippen molar-refractivity contribution in [3.8, 4) is 5.75 Å². The third-order valence-electron chi connectivity index (χ3n) is 3.89. The van der Waals surface area contributed by atoms with Gasteiger partial charge in [0.2, 0.25) is 5.91 Å². The van der Waals surface area contributed by atoms with Gasteiger partial charge in [0.15, 0.2) is 0 Å². The van der Waals surface area contributed by atoms with Crippen LogP contribution in [0.25, 0.3) is 0 Å². The number of nitrogens with one attached hydrogen (secondary N) is 1. The van der Waals surface area contributed by atoms with Gasteiger partial charge in [0.1, 0.15) is 5.75 Å². The molecule has 1 atom stereocenters. The maximum Gasteiger partial charge on any atom is 0.237 e. The molecule has 1 amide bonds. The Labute approximate surface area is 126 Å². The summed E-state index contributed by atoms with van der Waals surface area (Å²) in [5, 5.41) is 12.9. The molecular formula is C16H25N3O2. The van der Waals surface area contributed by atoms with Crippen molar-refractivity contribution in [3.63, 3.8) is 0 Å². The fourth-order valence-corrected chi connectivity index (χ4v) is 2.65. The van der Waals surface area contributed by atoms with Gasteiger partial charge in [-0.2, -0.15) is 0 Å². The topological polar surface area (TPSA) is 55.8 Å². The van der Waals surface area contributed by atoms with Crippen LogP contribution in [0.15, 0.2) is 24.3 Å². The average molecular weight is 291 g/mol. The molecule has 1 aromatic rings. The van der Waals surface area contributed by atoms with Crippen LogP contribution in [0.5, 0.6) is 5.75 Å². The third-order valence-corrected chi connectivity index (χ3v) is 3.89. The van der Waals surface area contributed by atoms with Crippen LogP contribution in [-0.2, 0) is 4.79 Å². The first-order valence-electron chi connectivity index (χ1n) is 7.56. The number of para-hydroxylation sites is 2. The van der Waals surface area contributed by atoms with Crippen LogP contribution in [0.1, 0.15) is 20.8 Å². The van der Waals surface area contributed by atoms with E-state index in [2.05, 4.69) is 15.1 Å². The Kier molecular flexibility index (Phi) is 5.07. The monoisotopic (exact) mass is 291 g/mol. The van der Waals surface area contributed by atoms with E-state index >= 15 is 0 Å². The van der Waals surface area contributed by atoms with Crippen molar-refractivity contribution in [1.82, 2.24) is 10.2 Å². The zero-order valence-electron chi connectivity index (χ0n) is 13.0. The molecule has 0 saturated carbocycles. The first-order chi connectivity index (χ1) is 9.99. The molecule has 116 valence electrons. The summed E-state index contributed by atoms with van der Waals surface area (Å²) in [4.78, 5) is 16.4. The van der Waals surface area contributed by atoms with Crippen LogP contribution >= 0.6 is 0 Å². The smallest absolute Gasteiger partial charge is 0.237 e. The zero-order valence-corrected chi connectivity index (χ0v) is 13.0. The standard InChI is InChI=1S/C16H25N3O2/c1-12(2)17-16(21)13(3)18-8-10-19(11-9-18)14-6-4-5-7-15(14)20/h4-7,12-13,20H,8-11H2,1-3H3,(H,17,21). The number of rotatable bonds is 4. The summed E-state index contributed by atoms with van der Waals surface area (Å²) in [7, 11) is 0. The number of piperazine rings is 1. The fraction of sp³-hybridized carbons (Fsp3) is 0.562. The molecule has 2 rings (SSSR count). The van der Waals surface area contributed by atoms with Crippen LogP contribution in [0.3, 0.4) is 0 Å². The number of hydrogen-bond donors (Lipinski definition) is 2. The summed E-state index contributed by atoms with van der Waals surface area (Å²) in [6, 6.07) is 7.45. The van der Waals surface area contributed by atoms with Gasteiger partial charge >= 0.3 is 0 Å². The minimum Gasteiger partial charge on any atom is -0.506 e. The number of hydrogen-bond acceptors (Lipinski definition) is 4. The maximum atomic E-state index is 12.1. The molecule has 1 heterocycles. The molecule has 1 aliphatic heterocycles. The van der Waals surface area contributed by atoms with Crippen molar-refractivity contribution in [2.75, 3.05) is 31.1 Å². The molecule has 1 aliphatic rings. The van der Waals surface area contributed by atoms with Gasteiger partial charge in [-0.05, 0) is 32.9 Å². The summed E-state index contributed by atoms with van der Waals surface area (Å²) in [5.41, 5.74) is 0.872. The normalized spacial score (nSPS) is 17.8. The van der Waals surface area contributed by atoms with Crippen molar-refractivity contribution < 1.29 is 9.90 Å². The van der Waals surface area contributed by atoms with Gasteiger partial charge in [-0.1, -0.05) is 12.1 Å². The summed E-state index contributed by atoms with van der Waals surface area (Å²) in [6.45, 7) is 9.17. The third kappa shape index (κ3) is 3.88. The summed E-state index contributed by atoms with van der Waals surface area (Å²) in [6.07, 6.45) is 0. The van der Waals surface area contributed by atoms with E-state index in [1.807, 2.05) is 39.0 Å². The Morgan fingerprint density at radius 2 is 1.76 bits per heavy atom. The second-order valence-electron chi connectivity index (χ2n) is 5.85. The highest BCUT2D eigenvalue weighted by atomic mass is 16.3. The Hall–Kier alpha value is -1.75. The lowest BCUT2D eigenvalue weighted by Gasteiger charge is -2.38. The van der Waals surface area contributed by atoms with Crippen LogP contribution in [0.4, 0.5) is 5.69 Å². The predicted molar refractivity (Wildman–Crippen MR) is 84.6 cm³/mol. The summed E-state index contributed by atoms with van der Waals surface area (Å²) < 4.78 is 0. The highest BCUT2D eigenvalue weighted by Crippen LogP contribution is 2.27. The quantitative estimate of drug-likeness (QED) is 0.881. The van der Waals surface area contributed by atoms with E-state index in [1.54, 1.807) is 6.07 Å². The molecule has 21 heavy (non-hydrogen) atoms. The van der Waals surface area contributed by atoms with E-state index in [1.165, 1.54) is 0 Å². The average Bonchev–Trinajstić information content (AvgIpc) is 2.46. The van der Waals surface area contributed by atoms with Gasteiger partial charge in [-0.3, -0.25) is 9.69 Å². The number of amides is 1. The van der Waals surface area contributed by atoms with E-state index < -0.39 is 0 Å². The van der Waals surface area contributed by atoms with Gasteiger partial charge in [0, 0.05) is 32.2 Å². The lowest BCUT2D eigenvalue weighted by atomic mass is 10.2. The highest BCUT2D eigenvalue weighted by Gasteiger charge is 2.26. The molecular weight excluding hydrogens is 266 g/mol. The summed E-state index contributed by atoms with van der Waals surface area (Å²) >= 11 is 0. The molecule has 1 fully saturated rings.